The number of nitrogens with one attached hydrogen (secondary N) is 1. The summed E-state index contributed by atoms with van der Waals surface area (Å²) in [6, 6.07) is 24.1. The number of amides is 2. The predicted molar refractivity (Wildman–Crippen MR) is 170 cm³/mol. The maximum Gasteiger partial charge on any atom is 0.238 e. The molecule has 2 aliphatic rings. The molecule has 7 nitrogen and oxygen atoms in total. The molecule has 1 heterocycles. The van der Waals surface area contributed by atoms with Gasteiger partial charge >= 0.3 is 0 Å². The number of carbonyl (C=O) groups is 2. The first-order chi connectivity index (χ1) is 20.8. The normalized spacial score (nSPS) is 21.3. The number of aliphatic hydroxyl groups excluding tert-OH is 2. The molecule has 5 rings (SSSR count). The third-order valence-electron chi connectivity index (χ3n) is 8.63. The number of hydrogen-bond donors (Lipinski definition) is 4. The molecule has 0 spiro atoms. The summed E-state index contributed by atoms with van der Waals surface area (Å²) < 4.78 is 0. The molecule has 1 aliphatic carbocycles. The van der Waals surface area contributed by atoms with E-state index in [-0.39, 0.29) is 24.2 Å². The van der Waals surface area contributed by atoms with Gasteiger partial charge in [0.25, 0.3) is 0 Å². The quantitative estimate of drug-likeness (QED) is 0.150. The average molecular weight is 581 g/mol. The van der Waals surface area contributed by atoms with E-state index in [4.69, 9.17) is 0 Å². The number of carbonyl (C=O) groups excluding carboxylic acids is 2. The molecule has 0 saturated carbocycles. The van der Waals surface area contributed by atoms with Crippen LogP contribution in [0.15, 0.2) is 95.6 Å². The molecule has 3 aromatic rings. The Bertz CT molecular complexity index is 1510. The van der Waals surface area contributed by atoms with E-state index in [0.29, 0.717) is 42.5 Å². The van der Waals surface area contributed by atoms with Crippen molar-refractivity contribution in [1.82, 2.24) is 0 Å². The second-order valence-corrected chi connectivity index (χ2v) is 11.6. The zero-order chi connectivity index (χ0) is 30.5. The smallest absolute Gasteiger partial charge is 0.238 e. The Kier molecular flexibility index (Phi) is 9.43. The Hall–Kier alpha value is -4.20. The van der Waals surface area contributed by atoms with Crippen molar-refractivity contribution < 1.29 is 24.9 Å². The van der Waals surface area contributed by atoms with Crippen molar-refractivity contribution in [2.24, 2.45) is 17.8 Å². The highest BCUT2D eigenvalue weighted by molar-refractivity contribution is 6.22. The largest absolute Gasteiger partial charge is 0.507 e. The van der Waals surface area contributed by atoms with E-state index in [1.807, 2.05) is 67.6 Å². The maximum absolute atomic E-state index is 13.9. The second-order valence-electron chi connectivity index (χ2n) is 11.6. The Morgan fingerprint density at radius 3 is 2.33 bits per heavy atom. The molecule has 2 amide bonds. The van der Waals surface area contributed by atoms with Crippen LogP contribution in [0.5, 0.6) is 5.75 Å². The van der Waals surface area contributed by atoms with Crippen LogP contribution in [0.25, 0.3) is 6.08 Å². The van der Waals surface area contributed by atoms with Gasteiger partial charge in [-0.2, -0.15) is 0 Å². The molecule has 1 fully saturated rings. The van der Waals surface area contributed by atoms with Gasteiger partial charge in [0.1, 0.15) is 5.75 Å². The van der Waals surface area contributed by atoms with Crippen molar-refractivity contribution in [2.75, 3.05) is 16.8 Å². The molecule has 4 N–H and O–H groups in total. The lowest BCUT2D eigenvalue weighted by Gasteiger charge is -2.36. The monoisotopic (exact) mass is 580 g/mol. The number of imide groups is 1. The number of anilines is 3. The summed E-state index contributed by atoms with van der Waals surface area (Å²) in [7, 11) is 0. The number of para-hydroxylation sites is 2. The Morgan fingerprint density at radius 2 is 1.65 bits per heavy atom. The molecule has 0 unspecified atom stereocenters. The Balaban J connectivity index is 1.35. The first kappa shape index (κ1) is 30.3. The summed E-state index contributed by atoms with van der Waals surface area (Å²) in [5.41, 5.74) is 5.68. The fourth-order valence-electron chi connectivity index (χ4n) is 6.60. The highest BCUT2D eigenvalue weighted by atomic mass is 16.3. The fourth-order valence-corrected chi connectivity index (χ4v) is 6.60. The van der Waals surface area contributed by atoms with Crippen LogP contribution in [0.3, 0.4) is 0 Å². The number of aromatic hydroxyl groups is 1. The average Bonchev–Trinajstić information content (AvgIpc) is 3.26. The van der Waals surface area contributed by atoms with Gasteiger partial charge in [-0.15, -0.1) is 0 Å². The SMILES string of the molecule is CCCC1=C([C@H](O)CC/C(C)=C/c2ccccc2O)[C@H](CO)[C@@H]2C(=O)N(c3ccc(Nc4ccccc4)cc3)C(=O)[C@@H]2C1. The molecule has 7 heteroatoms. The molecular formula is C36H40N2O5. The summed E-state index contributed by atoms with van der Waals surface area (Å²) >= 11 is 0. The van der Waals surface area contributed by atoms with Crippen LogP contribution in [0.4, 0.5) is 17.1 Å². The molecule has 1 aliphatic heterocycles. The molecule has 0 bridgehead atoms. The van der Waals surface area contributed by atoms with Gasteiger partial charge in [0, 0.05) is 22.9 Å². The van der Waals surface area contributed by atoms with Crippen LogP contribution in [0, 0.1) is 17.8 Å². The first-order valence-electron chi connectivity index (χ1n) is 15.1. The van der Waals surface area contributed by atoms with Gasteiger partial charge in [-0.25, -0.2) is 0 Å². The van der Waals surface area contributed by atoms with Crippen LogP contribution in [-0.4, -0.2) is 39.8 Å². The lowest BCUT2D eigenvalue weighted by Crippen LogP contribution is -2.39. The van der Waals surface area contributed by atoms with E-state index in [2.05, 4.69) is 12.2 Å². The molecule has 4 atom stereocenters. The number of aliphatic hydroxyl groups is 2. The van der Waals surface area contributed by atoms with Gasteiger partial charge in [0.05, 0.1) is 30.2 Å². The number of allylic oxidation sites excluding steroid dienone is 2. The van der Waals surface area contributed by atoms with E-state index in [1.54, 1.807) is 24.3 Å². The minimum absolute atomic E-state index is 0.199. The standard InChI is InChI=1S/C36H40N2O5/c1-3-9-25-21-29-34(30(22-39)33(25)32(41)19-14-23(2)20-24-10-7-8-13-31(24)40)36(43)38(35(29)42)28-17-15-27(16-18-28)37-26-11-5-4-6-12-26/h4-8,10-13,15-18,20,29-30,32,34,37,39-41H,3,9,14,19,21-22H2,1-2H3/b23-20+/t29-,30+,32-,34-/m1/s1. The van der Waals surface area contributed by atoms with Gasteiger partial charge in [0.15, 0.2) is 0 Å². The summed E-state index contributed by atoms with van der Waals surface area (Å²) in [5, 5.41) is 35.5. The number of phenolic OH excluding ortho intramolecular Hbond substituents is 1. The zero-order valence-electron chi connectivity index (χ0n) is 24.7. The second kappa shape index (κ2) is 13.4. The van der Waals surface area contributed by atoms with Crippen LogP contribution in [-0.2, 0) is 9.59 Å². The first-order valence-corrected chi connectivity index (χ1v) is 15.1. The van der Waals surface area contributed by atoms with E-state index in [1.165, 1.54) is 4.90 Å². The number of fused-ring (bicyclic) bond motifs is 1. The predicted octanol–water partition coefficient (Wildman–Crippen LogP) is 6.59. The minimum Gasteiger partial charge on any atom is -0.507 e. The van der Waals surface area contributed by atoms with Gasteiger partial charge in [-0.05, 0) is 80.6 Å². The van der Waals surface area contributed by atoms with E-state index in [0.717, 1.165) is 28.9 Å². The van der Waals surface area contributed by atoms with Crippen LogP contribution in [0.1, 0.15) is 51.5 Å². The maximum atomic E-state index is 13.9. The van der Waals surface area contributed by atoms with Crippen LogP contribution >= 0.6 is 0 Å². The summed E-state index contributed by atoms with van der Waals surface area (Å²) in [5.74, 6) is -2.28. The third-order valence-corrected chi connectivity index (χ3v) is 8.63. The van der Waals surface area contributed by atoms with E-state index in [9.17, 15) is 24.9 Å². The number of hydrogen-bond acceptors (Lipinski definition) is 6. The molecule has 0 radical (unpaired) electrons. The van der Waals surface area contributed by atoms with Crippen molar-refractivity contribution in [3.05, 3.63) is 101 Å². The summed E-state index contributed by atoms with van der Waals surface area (Å²) in [6.07, 6.45) is 3.97. The molecular weight excluding hydrogens is 540 g/mol. The molecule has 1 saturated heterocycles. The summed E-state index contributed by atoms with van der Waals surface area (Å²) in [4.78, 5) is 28.9. The van der Waals surface area contributed by atoms with Gasteiger partial charge in [-0.1, -0.05) is 67.0 Å². The highest BCUT2D eigenvalue weighted by Gasteiger charge is 2.55. The third kappa shape index (κ3) is 6.43. The molecule has 224 valence electrons. The zero-order valence-corrected chi connectivity index (χ0v) is 24.7. The van der Waals surface area contributed by atoms with Crippen molar-refractivity contribution >= 4 is 35.0 Å². The Morgan fingerprint density at radius 1 is 0.977 bits per heavy atom. The number of benzene rings is 3. The molecule has 3 aromatic carbocycles. The van der Waals surface area contributed by atoms with Crippen molar-refractivity contribution in [3.8, 4) is 5.75 Å². The summed E-state index contributed by atoms with van der Waals surface area (Å²) in [6.45, 7) is 3.69. The van der Waals surface area contributed by atoms with Crippen LogP contribution < -0.4 is 10.2 Å². The minimum atomic E-state index is -0.854. The number of nitrogens with zero attached hydrogens (tertiary/aromatic N) is 1. The number of rotatable bonds is 11. The molecule has 0 aromatic heterocycles. The fraction of sp³-hybridized carbons (Fsp3) is 0.333. The highest BCUT2D eigenvalue weighted by Crippen LogP contribution is 2.48. The van der Waals surface area contributed by atoms with Crippen molar-refractivity contribution in [1.29, 1.82) is 0 Å². The lowest BCUT2D eigenvalue weighted by atomic mass is 9.67. The van der Waals surface area contributed by atoms with E-state index >= 15 is 0 Å². The van der Waals surface area contributed by atoms with Crippen molar-refractivity contribution in [3.63, 3.8) is 0 Å². The van der Waals surface area contributed by atoms with Gasteiger partial charge in [0.2, 0.25) is 11.8 Å². The lowest BCUT2D eigenvalue weighted by molar-refractivity contribution is -0.123. The van der Waals surface area contributed by atoms with Gasteiger partial charge < -0.3 is 20.6 Å². The van der Waals surface area contributed by atoms with Gasteiger partial charge in [-0.3, -0.25) is 14.5 Å². The van der Waals surface area contributed by atoms with E-state index < -0.39 is 23.9 Å². The number of phenols is 1. The molecule has 43 heavy (non-hydrogen) atoms. The Labute approximate surface area is 253 Å². The van der Waals surface area contributed by atoms with Crippen LogP contribution in [0.2, 0.25) is 0 Å². The topological polar surface area (TPSA) is 110 Å². The van der Waals surface area contributed by atoms with Crippen molar-refractivity contribution in [2.45, 2.75) is 52.1 Å².